The van der Waals surface area contributed by atoms with Crippen LogP contribution in [0.3, 0.4) is 0 Å². The first kappa shape index (κ1) is 18.6. The molecule has 0 unspecified atom stereocenters. The number of hydrogen-bond donors (Lipinski definition) is 0. The van der Waals surface area contributed by atoms with E-state index in [9.17, 15) is 9.59 Å². The quantitative estimate of drug-likeness (QED) is 0.820. The van der Waals surface area contributed by atoms with E-state index >= 15 is 0 Å². The molecule has 2 atom stereocenters. The molecule has 2 aliphatic rings. The Kier molecular flexibility index (Phi) is 5.37. The molecular formula is C22H26N4O2. The fourth-order valence-corrected chi connectivity index (χ4v) is 4.41. The highest BCUT2D eigenvalue weighted by molar-refractivity contribution is 5.93. The lowest BCUT2D eigenvalue weighted by atomic mass is 9.83. The van der Waals surface area contributed by atoms with Crippen molar-refractivity contribution in [2.45, 2.75) is 38.6 Å². The van der Waals surface area contributed by atoms with Crippen molar-refractivity contribution >= 4 is 11.8 Å². The monoisotopic (exact) mass is 378 g/mol. The number of aryl methyl sites for hydroxylation is 1. The Morgan fingerprint density at radius 1 is 1.14 bits per heavy atom. The molecule has 1 aromatic carbocycles. The molecule has 0 saturated carbocycles. The lowest BCUT2D eigenvalue weighted by molar-refractivity contribution is -0.140. The van der Waals surface area contributed by atoms with Crippen molar-refractivity contribution in [3.63, 3.8) is 0 Å². The summed E-state index contributed by atoms with van der Waals surface area (Å²) in [4.78, 5) is 37.6. The summed E-state index contributed by atoms with van der Waals surface area (Å²) in [5, 5.41) is 0. The van der Waals surface area contributed by atoms with Crippen LogP contribution in [0.5, 0.6) is 0 Å². The van der Waals surface area contributed by atoms with Gasteiger partial charge in [-0.15, -0.1) is 0 Å². The minimum absolute atomic E-state index is 0.00816. The van der Waals surface area contributed by atoms with Crippen LogP contribution in [0.25, 0.3) is 0 Å². The summed E-state index contributed by atoms with van der Waals surface area (Å²) < 4.78 is 0. The Bertz CT molecular complexity index is 837. The maximum absolute atomic E-state index is 12.8. The molecule has 6 heteroatoms. The highest BCUT2D eigenvalue weighted by Crippen LogP contribution is 2.32. The molecule has 0 N–H and O–H groups in total. The van der Waals surface area contributed by atoms with Crippen LogP contribution in [0.1, 0.15) is 41.0 Å². The van der Waals surface area contributed by atoms with Gasteiger partial charge in [0.25, 0.3) is 5.91 Å². The van der Waals surface area contributed by atoms with Crippen molar-refractivity contribution in [2.24, 2.45) is 5.92 Å². The number of carbonyl (C=O) groups is 2. The average Bonchev–Trinajstić information content (AvgIpc) is 2.73. The predicted octanol–water partition coefficient (Wildman–Crippen LogP) is 2.48. The van der Waals surface area contributed by atoms with Gasteiger partial charge in [-0.3, -0.25) is 9.59 Å². The second-order valence-corrected chi connectivity index (χ2v) is 7.75. The molecule has 0 aliphatic carbocycles. The van der Waals surface area contributed by atoms with Crippen LogP contribution in [-0.2, 0) is 11.2 Å². The van der Waals surface area contributed by atoms with Gasteiger partial charge in [0.15, 0.2) is 0 Å². The molecule has 0 radical (unpaired) electrons. The van der Waals surface area contributed by atoms with Crippen LogP contribution >= 0.6 is 0 Å². The van der Waals surface area contributed by atoms with Gasteiger partial charge in [0.2, 0.25) is 5.91 Å². The fourth-order valence-electron chi connectivity index (χ4n) is 4.41. The molecular weight excluding hydrogens is 352 g/mol. The van der Waals surface area contributed by atoms with E-state index in [1.165, 1.54) is 5.56 Å². The Morgan fingerprint density at radius 3 is 2.64 bits per heavy atom. The average molecular weight is 378 g/mol. The molecule has 3 heterocycles. The summed E-state index contributed by atoms with van der Waals surface area (Å²) >= 11 is 0. The maximum atomic E-state index is 12.8. The standard InChI is InChI=1S/C22H26N4O2/c1-16-23-13-19(14-24-16)22(28)25-11-10-20-18(15-25)7-8-21(27)26(20)12-9-17-5-3-2-4-6-17/h2-6,13-14,18,20H,7-12,15H2,1H3/t18-,20+/m0/s1. The van der Waals surface area contributed by atoms with E-state index < -0.39 is 0 Å². The molecule has 28 heavy (non-hydrogen) atoms. The predicted molar refractivity (Wildman–Crippen MR) is 106 cm³/mol. The van der Waals surface area contributed by atoms with E-state index in [4.69, 9.17) is 0 Å². The third-order valence-electron chi connectivity index (χ3n) is 5.94. The number of aromatic nitrogens is 2. The number of amides is 2. The smallest absolute Gasteiger partial charge is 0.257 e. The number of likely N-dealkylation sites (tertiary alicyclic amines) is 2. The molecule has 1 aromatic heterocycles. The third kappa shape index (κ3) is 3.91. The number of rotatable bonds is 4. The molecule has 2 amide bonds. The van der Waals surface area contributed by atoms with Gasteiger partial charge in [0.05, 0.1) is 5.56 Å². The van der Waals surface area contributed by atoms with Gasteiger partial charge in [-0.25, -0.2) is 9.97 Å². The number of nitrogens with zero attached hydrogens (tertiary/aromatic N) is 4. The second kappa shape index (κ2) is 8.09. The van der Waals surface area contributed by atoms with E-state index in [1.54, 1.807) is 12.4 Å². The summed E-state index contributed by atoms with van der Waals surface area (Å²) in [5.41, 5.74) is 1.79. The number of carbonyl (C=O) groups excluding carboxylic acids is 2. The molecule has 6 nitrogen and oxygen atoms in total. The fraction of sp³-hybridized carbons (Fsp3) is 0.455. The van der Waals surface area contributed by atoms with Crippen molar-refractivity contribution in [3.05, 3.63) is 59.7 Å². The van der Waals surface area contributed by atoms with E-state index in [0.29, 0.717) is 36.8 Å². The largest absolute Gasteiger partial charge is 0.339 e. The molecule has 2 aliphatic heterocycles. The molecule has 2 aromatic rings. The molecule has 4 rings (SSSR count). The van der Waals surface area contributed by atoms with Gasteiger partial charge in [-0.1, -0.05) is 30.3 Å². The SMILES string of the molecule is Cc1ncc(C(=O)N2CC[C@@H]3[C@@H](CCC(=O)N3CCc3ccccc3)C2)cn1. The van der Waals surface area contributed by atoms with Gasteiger partial charge in [-0.2, -0.15) is 0 Å². The van der Waals surface area contributed by atoms with Gasteiger partial charge < -0.3 is 9.80 Å². The van der Waals surface area contributed by atoms with Crippen LogP contribution in [0.2, 0.25) is 0 Å². The Hall–Kier alpha value is -2.76. The zero-order valence-corrected chi connectivity index (χ0v) is 16.3. The first-order valence-corrected chi connectivity index (χ1v) is 10.0. The summed E-state index contributed by atoms with van der Waals surface area (Å²) in [5.74, 6) is 1.25. The summed E-state index contributed by atoms with van der Waals surface area (Å²) in [6.07, 6.45) is 6.36. The Morgan fingerprint density at radius 2 is 1.89 bits per heavy atom. The van der Waals surface area contributed by atoms with Crippen LogP contribution in [0.4, 0.5) is 0 Å². The zero-order chi connectivity index (χ0) is 19.5. The molecule has 2 saturated heterocycles. The lowest BCUT2D eigenvalue weighted by Crippen LogP contribution is -2.57. The van der Waals surface area contributed by atoms with Crippen LogP contribution in [0.15, 0.2) is 42.7 Å². The zero-order valence-electron chi connectivity index (χ0n) is 16.3. The Labute approximate surface area is 165 Å². The van der Waals surface area contributed by atoms with Gasteiger partial charge >= 0.3 is 0 Å². The van der Waals surface area contributed by atoms with Crippen molar-refractivity contribution in [1.82, 2.24) is 19.8 Å². The highest BCUT2D eigenvalue weighted by atomic mass is 16.2. The van der Waals surface area contributed by atoms with Crippen molar-refractivity contribution < 1.29 is 9.59 Å². The van der Waals surface area contributed by atoms with Gasteiger partial charge in [0, 0.05) is 44.5 Å². The number of fused-ring (bicyclic) bond motifs is 1. The summed E-state index contributed by atoms with van der Waals surface area (Å²) in [6, 6.07) is 10.5. The number of hydrogen-bond acceptors (Lipinski definition) is 4. The lowest BCUT2D eigenvalue weighted by Gasteiger charge is -2.47. The van der Waals surface area contributed by atoms with E-state index in [-0.39, 0.29) is 17.9 Å². The van der Waals surface area contributed by atoms with Crippen LogP contribution < -0.4 is 0 Å². The summed E-state index contributed by atoms with van der Waals surface area (Å²) in [7, 11) is 0. The first-order chi connectivity index (χ1) is 13.6. The molecule has 2 fully saturated rings. The van der Waals surface area contributed by atoms with Crippen molar-refractivity contribution in [1.29, 1.82) is 0 Å². The maximum Gasteiger partial charge on any atom is 0.257 e. The number of piperidine rings is 2. The molecule has 0 bridgehead atoms. The minimum atomic E-state index is -0.00816. The van der Waals surface area contributed by atoms with Gasteiger partial charge in [-0.05, 0) is 37.7 Å². The van der Waals surface area contributed by atoms with Crippen LogP contribution in [-0.4, -0.2) is 57.3 Å². The van der Waals surface area contributed by atoms with E-state index in [1.807, 2.05) is 30.0 Å². The van der Waals surface area contributed by atoms with Crippen LogP contribution in [0, 0.1) is 12.8 Å². The Balaban J connectivity index is 1.41. The summed E-state index contributed by atoms with van der Waals surface area (Å²) in [6.45, 7) is 3.93. The van der Waals surface area contributed by atoms with E-state index in [0.717, 1.165) is 25.8 Å². The normalized spacial score (nSPS) is 22.1. The number of benzene rings is 1. The van der Waals surface area contributed by atoms with Crippen molar-refractivity contribution in [2.75, 3.05) is 19.6 Å². The molecule has 0 spiro atoms. The first-order valence-electron chi connectivity index (χ1n) is 10.0. The highest BCUT2D eigenvalue weighted by Gasteiger charge is 2.40. The second-order valence-electron chi connectivity index (χ2n) is 7.75. The van der Waals surface area contributed by atoms with Crippen molar-refractivity contribution in [3.8, 4) is 0 Å². The topological polar surface area (TPSA) is 66.4 Å². The van der Waals surface area contributed by atoms with Gasteiger partial charge in [0.1, 0.15) is 5.82 Å². The minimum Gasteiger partial charge on any atom is -0.339 e. The van der Waals surface area contributed by atoms with E-state index in [2.05, 4.69) is 27.0 Å². The molecule has 146 valence electrons. The third-order valence-corrected chi connectivity index (χ3v) is 5.94.